The summed E-state index contributed by atoms with van der Waals surface area (Å²) < 4.78 is 11.7. The molecule has 0 fully saturated rings. The van der Waals surface area contributed by atoms with Gasteiger partial charge in [0, 0.05) is 24.5 Å². The molecule has 1 aliphatic rings. The van der Waals surface area contributed by atoms with Crippen molar-refractivity contribution >= 4 is 17.2 Å². The predicted molar refractivity (Wildman–Crippen MR) is 138 cm³/mol. The van der Waals surface area contributed by atoms with Crippen LogP contribution in [0.15, 0.2) is 35.7 Å². The first-order chi connectivity index (χ1) is 16.2. The monoisotopic (exact) mass is 488 g/mol. The third-order valence-corrected chi connectivity index (χ3v) is 6.91. The molecule has 2 heterocycles. The maximum atomic E-state index is 13.6. The van der Waals surface area contributed by atoms with Crippen LogP contribution in [0.25, 0.3) is 0 Å². The third kappa shape index (κ3) is 7.80. The highest BCUT2D eigenvalue weighted by molar-refractivity contribution is 7.10. The van der Waals surface area contributed by atoms with Crippen LogP contribution in [-0.2, 0) is 16.0 Å². The summed E-state index contributed by atoms with van der Waals surface area (Å²) in [6.07, 6.45) is 0.311. The van der Waals surface area contributed by atoms with E-state index in [0.717, 1.165) is 18.7 Å². The highest BCUT2D eigenvalue weighted by atomic mass is 32.1. The van der Waals surface area contributed by atoms with E-state index in [2.05, 4.69) is 37.1 Å². The molecule has 0 saturated carbocycles. The molecule has 1 amide bonds. The smallest absolute Gasteiger partial charge is 0.237 e. The van der Waals surface area contributed by atoms with Crippen LogP contribution in [0.1, 0.15) is 49.7 Å². The van der Waals surface area contributed by atoms with Crippen molar-refractivity contribution < 1.29 is 19.4 Å². The molecule has 1 aromatic carbocycles. The summed E-state index contributed by atoms with van der Waals surface area (Å²) in [4.78, 5) is 18.9. The van der Waals surface area contributed by atoms with Crippen LogP contribution in [0.5, 0.6) is 5.75 Å². The Balaban J connectivity index is 1.69. The fourth-order valence-electron chi connectivity index (χ4n) is 4.34. The fraction of sp³-hybridized carbons (Fsp3) is 0.593. The maximum absolute atomic E-state index is 13.6. The summed E-state index contributed by atoms with van der Waals surface area (Å²) in [5.41, 5.74) is 2.38. The molecule has 0 unspecified atom stereocenters. The first-order valence-corrected chi connectivity index (χ1v) is 13.2. The molecule has 0 spiro atoms. The third-order valence-electron chi connectivity index (χ3n) is 5.92. The summed E-state index contributed by atoms with van der Waals surface area (Å²) in [5, 5.41) is 12.6. The van der Waals surface area contributed by atoms with Gasteiger partial charge in [-0.2, -0.15) is 0 Å². The van der Waals surface area contributed by atoms with Gasteiger partial charge in [0.25, 0.3) is 0 Å². The Hall–Kier alpha value is -1.93. The zero-order chi connectivity index (χ0) is 24.7. The first-order valence-electron chi connectivity index (χ1n) is 12.3. The van der Waals surface area contributed by atoms with Crippen molar-refractivity contribution in [3.63, 3.8) is 0 Å². The normalized spacial score (nSPS) is 16.9. The minimum atomic E-state index is -0.626. The van der Waals surface area contributed by atoms with Crippen molar-refractivity contribution in [2.75, 3.05) is 39.4 Å². The highest BCUT2D eigenvalue weighted by Gasteiger charge is 2.33. The average Bonchev–Trinajstić information content (AvgIpc) is 3.25. The molecule has 2 aromatic rings. The summed E-state index contributed by atoms with van der Waals surface area (Å²) in [7, 11) is 0. The lowest BCUT2D eigenvalue weighted by Gasteiger charge is -2.37. The molecule has 1 aliphatic heterocycles. The number of hydrogen-bond acceptors (Lipinski definition) is 6. The number of ether oxygens (including phenoxy) is 2. The Kier molecular flexibility index (Phi) is 9.95. The number of aliphatic hydroxyl groups is 1. The number of nitrogens with zero attached hydrogens (tertiary/aromatic N) is 2. The quantitative estimate of drug-likeness (QED) is 0.483. The summed E-state index contributed by atoms with van der Waals surface area (Å²) >= 11 is 1.75. The average molecular weight is 489 g/mol. The molecule has 1 aromatic heterocycles. The molecular weight excluding hydrogens is 448 g/mol. The minimum Gasteiger partial charge on any atom is -0.491 e. The van der Waals surface area contributed by atoms with Crippen molar-refractivity contribution in [2.45, 2.75) is 59.3 Å². The molecule has 7 heteroatoms. The Morgan fingerprint density at radius 3 is 2.59 bits per heavy atom. The van der Waals surface area contributed by atoms with Crippen molar-refractivity contribution in [3.05, 3.63) is 51.7 Å². The van der Waals surface area contributed by atoms with E-state index in [9.17, 15) is 9.90 Å². The van der Waals surface area contributed by atoms with E-state index in [1.54, 1.807) is 11.3 Å². The number of rotatable bonds is 12. The molecule has 34 heavy (non-hydrogen) atoms. The van der Waals surface area contributed by atoms with Crippen LogP contribution in [-0.4, -0.2) is 72.4 Å². The molecule has 2 atom stereocenters. The van der Waals surface area contributed by atoms with Gasteiger partial charge in [0.15, 0.2) is 0 Å². The number of carbonyl (C=O) groups excluding carboxylic acids is 1. The maximum Gasteiger partial charge on any atom is 0.237 e. The zero-order valence-electron chi connectivity index (χ0n) is 21.2. The van der Waals surface area contributed by atoms with Crippen molar-refractivity contribution in [1.82, 2.24) is 9.80 Å². The number of thiophene rings is 1. The standard InChI is InChI=1S/C27H40N2O4S/c1-19(2)14-28(15-22(30)17-32-20(3)4)16-27(31)29-12-10-26-24(11-13-34-26)25(29)18-33-23-8-6-21(5)7-9-23/h6-9,11,13,19-20,22,25,30H,10,12,14-18H2,1-5H3/t22-,25-/m0/s1. The second-order valence-electron chi connectivity index (χ2n) is 9.90. The molecule has 0 saturated heterocycles. The lowest BCUT2D eigenvalue weighted by molar-refractivity contribution is -0.136. The van der Waals surface area contributed by atoms with E-state index in [1.165, 1.54) is 16.0 Å². The lowest BCUT2D eigenvalue weighted by Crippen LogP contribution is -2.48. The van der Waals surface area contributed by atoms with Gasteiger partial charge < -0.3 is 19.5 Å². The van der Waals surface area contributed by atoms with Gasteiger partial charge in [-0.25, -0.2) is 0 Å². The second kappa shape index (κ2) is 12.7. The van der Waals surface area contributed by atoms with Gasteiger partial charge in [0.2, 0.25) is 5.91 Å². The van der Waals surface area contributed by atoms with Gasteiger partial charge in [0.1, 0.15) is 12.4 Å². The van der Waals surface area contributed by atoms with Crippen LogP contribution in [0.2, 0.25) is 0 Å². The number of benzene rings is 1. The second-order valence-corrected chi connectivity index (χ2v) is 10.9. The summed E-state index contributed by atoms with van der Waals surface area (Å²) in [6, 6.07) is 10.0. The van der Waals surface area contributed by atoms with E-state index in [1.807, 2.05) is 43.0 Å². The minimum absolute atomic E-state index is 0.0669. The van der Waals surface area contributed by atoms with Gasteiger partial charge in [-0.1, -0.05) is 31.5 Å². The molecule has 3 rings (SSSR count). The Bertz CT molecular complexity index is 896. The van der Waals surface area contributed by atoms with Gasteiger partial charge in [-0.3, -0.25) is 9.69 Å². The van der Waals surface area contributed by atoms with Crippen molar-refractivity contribution in [3.8, 4) is 5.75 Å². The van der Waals surface area contributed by atoms with Crippen LogP contribution in [0.4, 0.5) is 0 Å². The Morgan fingerprint density at radius 2 is 1.91 bits per heavy atom. The SMILES string of the molecule is Cc1ccc(OC[C@H]2c3ccsc3CCN2C(=O)CN(CC(C)C)C[C@H](O)COC(C)C)cc1. The van der Waals surface area contributed by atoms with E-state index in [-0.39, 0.29) is 31.2 Å². The molecule has 188 valence electrons. The Morgan fingerprint density at radius 1 is 1.18 bits per heavy atom. The molecule has 1 N–H and O–H groups in total. The topological polar surface area (TPSA) is 62.2 Å². The number of carbonyl (C=O) groups is 1. The first kappa shape index (κ1) is 26.7. The van der Waals surface area contributed by atoms with E-state index < -0.39 is 6.10 Å². The van der Waals surface area contributed by atoms with Crippen molar-refractivity contribution in [1.29, 1.82) is 0 Å². The van der Waals surface area contributed by atoms with Crippen LogP contribution < -0.4 is 4.74 Å². The molecule has 0 bridgehead atoms. The summed E-state index contributed by atoms with van der Waals surface area (Å²) in [6.45, 7) is 13.0. The number of amides is 1. The number of aryl methyl sites for hydroxylation is 1. The zero-order valence-corrected chi connectivity index (χ0v) is 22.0. The Labute approximate surface area is 208 Å². The number of hydrogen-bond donors (Lipinski definition) is 1. The van der Waals surface area contributed by atoms with Crippen LogP contribution in [0, 0.1) is 12.8 Å². The lowest BCUT2D eigenvalue weighted by atomic mass is 10.00. The molecule has 0 aliphatic carbocycles. The fourth-order valence-corrected chi connectivity index (χ4v) is 5.27. The van der Waals surface area contributed by atoms with E-state index in [0.29, 0.717) is 25.6 Å². The largest absolute Gasteiger partial charge is 0.491 e. The van der Waals surface area contributed by atoms with Gasteiger partial charge in [0.05, 0.1) is 31.4 Å². The molecular formula is C27H40N2O4S. The number of aliphatic hydroxyl groups excluding tert-OH is 1. The molecule has 0 radical (unpaired) electrons. The molecule has 6 nitrogen and oxygen atoms in total. The van der Waals surface area contributed by atoms with E-state index >= 15 is 0 Å². The number of fused-ring (bicyclic) bond motifs is 1. The van der Waals surface area contributed by atoms with Crippen LogP contribution in [0.3, 0.4) is 0 Å². The van der Waals surface area contributed by atoms with Crippen LogP contribution >= 0.6 is 11.3 Å². The van der Waals surface area contributed by atoms with Crippen molar-refractivity contribution in [2.24, 2.45) is 5.92 Å². The van der Waals surface area contributed by atoms with Gasteiger partial charge >= 0.3 is 0 Å². The van der Waals surface area contributed by atoms with Gasteiger partial charge in [-0.05, 0) is 62.3 Å². The highest BCUT2D eigenvalue weighted by Crippen LogP contribution is 2.34. The van der Waals surface area contributed by atoms with Gasteiger partial charge in [-0.15, -0.1) is 11.3 Å². The summed E-state index contributed by atoms with van der Waals surface area (Å²) in [5.74, 6) is 1.28. The van der Waals surface area contributed by atoms with E-state index in [4.69, 9.17) is 9.47 Å². The predicted octanol–water partition coefficient (Wildman–Crippen LogP) is 4.31.